The zero-order valence-electron chi connectivity index (χ0n) is 24.9. The average molecular weight is 586 g/mol. The van der Waals surface area contributed by atoms with Gasteiger partial charge in [0.2, 0.25) is 0 Å². The maximum atomic E-state index is 10.3. The minimum atomic E-state index is 0.637. The Bertz CT molecular complexity index is 2630. The fraction of sp³-hybridized carbons (Fsp3) is 0. The minimum absolute atomic E-state index is 0.637. The Hall–Kier alpha value is -6.37. The van der Waals surface area contributed by atoms with Crippen molar-refractivity contribution in [3.05, 3.63) is 169 Å². The second-order valence-corrected chi connectivity index (χ2v) is 11.6. The van der Waals surface area contributed by atoms with E-state index in [1.807, 2.05) is 18.2 Å². The maximum absolute atomic E-state index is 10.3. The van der Waals surface area contributed by atoms with Crippen LogP contribution in [0.1, 0.15) is 5.56 Å². The number of hydrogen-bond donors (Lipinski definition) is 0. The fourth-order valence-electron chi connectivity index (χ4n) is 7.29. The van der Waals surface area contributed by atoms with Crippen LogP contribution in [0.15, 0.2) is 164 Å². The number of para-hydroxylation sites is 5. The molecule has 0 aliphatic carbocycles. The van der Waals surface area contributed by atoms with E-state index in [2.05, 4.69) is 161 Å². The molecule has 3 heteroatoms. The van der Waals surface area contributed by atoms with Gasteiger partial charge in [0.1, 0.15) is 6.07 Å². The first-order valence-corrected chi connectivity index (χ1v) is 15.5. The van der Waals surface area contributed by atoms with Crippen molar-refractivity contribution in [1.29, 1.82) is 5.26 Å². The molecule has 0 amide bonds. The Morgan fingerprint density at radius 3 is 1.76 bits per heavy atom. The summed E-state index contributed by atoms with van der Waals surface area (Å²) in [7, 11) is 0. The van der Waals surface area contributed by atoms with Gasteiger partial charge in [-0.05, 0) is 47.5 Å². The fourth-order valence-corrected chi connectivity index (χ4v) is 7.29. The first-order valence-electron chi connectivity index (χ1n) is 15.5. The first-order chi connectivity index (χ1) is 22.8. The van der Waals surface area contributed by atoms with Crippen molar-refractivity contribution in [1.82, 2.24) is 9.13 Å². The molecule has 0 bridgehead atoms. The van der Waals surface area contributed by atoms with Crippen LogP contribution in [-0.4, -0.2) is 9.13 Å². The highest BCUT2D eigenvalue weighted by atomic mass is 15.0. The van der Waals surface area contributed by atoms with Gasteiger partial charge in [0.05, 0.1) is 33.3 Å². The molecule has 7 aromatic carbocycles. The van der Waals surface area contributed by atoms with Gasteiger partial charge in [0.15, 0.2) is 0 Å². The third kappa shape index (κ3) is 3.78. The Morgan fingerprint density at radius 1 is 0.413 bits per heavy atom. The molecule has 214 valence electrons. The summed E-state index contributed by atoms with van der Waals surface area (Å²) in [6, 6.07) is 60.0. The number of aromatic nitrogens is 2. The third-order valence-corrected chi connectivity index (χ3v) is 9.16. The summed E-state index contributed by atoms with van der Waals surface area (Å²) in [6.07, 6.45) is 0. The number of nitrogens with zero attached hydrogens (tertiary/aromatic N) is 3. The molecule has 46 heavy (non-hydrogen) atoms. The van der Waals surface area contributed by atoms with Gasteiger partial charge in [0, 0.05) is 38.4 Å². The van der Waals surface area contributed by atoms with Gasteiger partial charge < -0.3 is 9.13 Å². The predicted molar refractivity (Wildman–Crippen MR) is 191 cm³/mol. The first kappa shape index (κ1) is 26.1. The molecule has 3 nitrogen and oxygen atoms in total. The van der Waals surface area contributed by atoms with Gasteiger partial charge in [-0.25, -0.2) is 0 Å². The summed E-state index contributed by atoms with van der Waals surface area (Å²) in [5, 5.41) is 15.1. The summed E-state index contributed by atoms with van der Waals surface area (Å²) < 4.78 is 4.70. The molecule has 9 aromatic rings. The van der Waals surface area contributed by atoms with Gasteiger partial charge in [-0.2, -0.15) is 5.26 Å². The molecule has 9 rings (SSSR count). The molecule has 0 atom stereocenters. The van der Waals surface area contributed by atoms with Crippen molar-refractivity contribution in [2.45, 2.75) is 0 Å². The second kappa shape index (κ2) is 10.4. The quantitative estimate of drug-likeness (QED) is 0.202. The maximum Gasteiger partial charge on any atom is 0.101 e. The molecular weight excluding hydrogens is 558 g/mol. The van der Waals surface area contributed by atoms with E-state index in [4.69, 9.17) is 0 Å². The Kier molecular flexibility index (Phi) is 5.88. The van der Waals surface area contributed by atoms with Crippen LogP contribution in [0.3, 0.4) is 0 Å². The van der Waals surface area contributed by atoms with Gasteiger partial charge in [-0.3, -0.25) is 0 Å². The molecule has 2 heterocycles. The van der Waals surface area contributed by atoms with E-state index < -0.39 is 0 Å². The second-order valence-electron chi connectivity index (χ2n) is 11.6. The lowest BCUT2D eigenvalue weighted by molar-refractivity contribution is 1.16. The highest BCUT2D eigenvalue weighted by molar-refractivity contribution is 6.21. The van der Waals surface area contributed by atoms with Crippen molar-refractivity contribution in [3.8, 4) is 39.7 Å². The lowest BCUT2D eigenvalue weighted by atomic mass is 9.96. The molecule has 0 saturated heterocycles. The van der Waals surface area contributed by atoms with Crippen molar-refractivity contribution < 1.29 is 0 Å². The standard InChI is InChI=1S/C43H27N3/c44-28-30-16-7-9-25-38(30)46-40-27-13-20-32(29-14-3-1-4-15-29)41(40)37-24-12-23-36(43(37)46)35-22-11-21-34-33-19-8-10-26-39(33)45(42(34)35)31-17-5-2-6-18-31/h1-27H. The summed E-state index contributed by atoms with van der Waals surface area (Å²) in [6.45, 7) is 0. The summed E-state index contributed by atoms with van der Waals surface area (Å²) in [5.41, 5.74) is 11.7. The monoisotopic (exact) mass is 585 g/mol. The zero-order chi connectivity index (χ0) is 30.6. The molecule has 0 aliphatic heterocycles. The molecule has 0 spiro atoms. The van der Waals surface area contributed by atoms with Gasteiger partial charge in [-0.15, -0.1) is 0 Å². The van der Waals surface area contributed by atoms with Crippen LogP contribution in [0.25, 0.3) is 77.2 Å². The number of nitriles is 1. The summed E-state index contributed by atoms with van der Waals surface area (Å²) in [5.74, 6) is 0. The lowest BCUT2D eigenvalue weighted by Crippen LogP contribution is -1.99. The summed E-state index contributed by atoms with van der Waals surface area (Å²) >= 11 is 0. The molecule has 0 fully saturated rings. The van der Waals surface area contributed by atoms with Crippen LogP contribution in [0.5, 0.6) is 0 Å². The molecular formula is C43H27N3. The highest BCUT2D eigenvalue weighted by Gasteiger charge is 2.23. The molecule has 0 saturated carbocycles. The Morgan fingerprint density at radius 2 is 0.978 bits per heavy atom. The van der Waals surface area contributed by atoms with Crippen molar-refractivity contribution >= 4 is 43.6 Å². The molecule has 2 aromatic heterocycles. The topological polar surface area (TPSA) is 33.6 Å². The normalized spacial score (nSPS) is 11.5. The van der Waals surface area contributed by atoms with Crippen LogP contribution < -0.4 is 0 Å². The van der Waals surface area contributed by atoms with Crippen molar-refractivity contribution in [2.75, 3.05) is 0 Å². The van der Waals surface area contributed by atoms with Crippen LogP contribution in [0.2, 0.25) is 0 Å². The third-order valence-electron chi connectivity index (χ3n) is 9.16. The predicted octanol–water partition coefficient (Wildman–Crippen LogP) is 11.1. The number of hydrogen-bond acceptors (Lipinski definition) is 1. The smallest absolute Gasteiger partial charge is 0.101 e. The van der Waals surface area contributed by atoms with Crippen molar-refractivity contribution in [3.63, 3.8) is 0 Å². The molecule has 0 aliphatic rings. The number of benzene rings is 7. The van der Waals surface area contributed by atoms with Crippen LogP contribution in [0.4, 0.5) is 0 Å². The number of rotatable bonds is 4. The molecule has 0 unspecified atom stereocenters. The van der Waals surface area contributed by atoms with Crippen molar-refractivity contribution in [2.24, 2.45) is 0 Å². The largest absolute Gasteiger partial charge is 0.309 e. The minimum Gasteiger partial charge on any atom is -0.309 e. The molecule has 0 N–H and O–H groups in total. The van der Waals surface area contributed by atoms with E-state index in [0.29, 0.717) is 5.56 Å². The SMILES string of the molecule is N#Cc1ccccc1-n1c2cccc(-c3ccccc3)c2c2cccc(-c3cccc4c5ccccc5n(-c5ccccc5)c34)c21. The van der Waals surface area contributed by atoms with E-state index in [1.165, 1.54) is 27.2 Å². The van der Waals surface area contributed by atoms with Crippen LogP contribution >= 0.6 is 0 Å². The van der Waals surface area contributed by atoms with Crippen LogP contribution in [-0.2, 0) is 0 Å². The van der Waals surface area contributed by atoms with E-state index in [9.17, 15) is 5.26 Å². The zero-order valence-corrected chi connectivity index (χ0v) is 24.9. The van der Waals surface area contributed by atoms with E-state index in [-0.39, 0.29) is 0 Å². The summed E-state index contributed by atoms with van der Waals surface area (Å²) in [4.78, 5) is 0. The van der Waals surface area contributed by atoms with Gasteiger partial charge in [-0.1, -0.05) is 127 Å². The van der Waals surface area contributed by atoms with Gasteiger partial charge in [0.25, 0.3) is 0 Å². The lowest BCUT2D eigenvalue weighted by Gasteiger charge is -2.15. The van der Waals surface area contributed by atoms with E-state index >= 15 is 0 Å². The highest BCUT2D eigenvalue weighted by Crippen LogP contribution is 2.45. The number of fused-ring (bicyclic) bond motifs is 6. The van der Waals surface area contributed by atoms with E-state index in [1.54, 1.807) is 0 Å². The van der Waals surface area contributed by atoms with E-state index in [0.717, 1.165) is 50.0 Å². The van der Waals surface area contributed by atoms with Crippen LogP contribution in [0, 0.1) is 11.3 Å². The Balaban J connectivity index is 1.49. The average Bonchev–Trinajstić information content (AvgIpc) is 3.66. The Labute approximate surface area is 266 Å². The van der Waals surface area contributed by atoms with Gasteiger partial charge >= 0.3 is 0 Å². The molecule has 0 radical (unpaired) electrons.